The van der Waals surface area contributed by atoms with Gasteiger partial charge in [-0.25, -0.2) is 4.79 Å². The zero-order valence-electron chi connectivity index (χ0n) is 9.62. The topological polar surface area (TPSA) is 52.6 Å². The normalized spacial score (nSPS) is 24.2. The van der Waals surface area contributed by atoms with Gasteiger partial charge >= 0.3 is 11.9 Å². The summed E-state index contributed by atoms with van der Waals surface area (Å²) in [6, 6.07) is 0. The van der Waals surface area contributed by atoms with Crippen LogP contribution in [0.4, 0.5) is 0 Å². The fraction of sp³-hybridized carbons (Fsp3) is 0.500. The minimum Gasteiger partial charge on any atom is -0.468 e. The summed E-state index contributed by atoms with van der Waals surface area (Å²) < 4.78 is 9.38. The summed E-state index contributed by atoms with van der Waals surface area (Å²) in [4.78, 5) is 22.9. The lowest BCUT2D eigenvalue weighted by atomic mass is 9.75. The molecule has 0 saturated carbocycles. The molecule has 0 aromatic rings. The van der Waals surface area contributed by atoms with E-state index in [4.69, 9.17) is 4.74 Å². The van der Waals surface area contributed by atoms with Gasteiger partial charge < -0.3 is 9.47 Å². The molecule has 0 unspecified atom stereocenters. The van der Waals surface area contributed by atoms with E-state index in [1.54, 1.807) is 12.2 Å². The summed E-state index contributed by atoms with van der Waals surface area (Å²) in [6.45, 7) is 3.67. The second-order valence-corrected chi connectivity index (χ2v) is 3.78. The second-order valence-electron chi connectivity index (χ2n) is 3.78. The fourth-order valence-electron chi connectivity index (χ4n) is 1.84. The van der Waals surface area contributed by atoms with Crippen molar-refractivity contribution in [2.45, 2.75) is 19.3 Å². The molecule has 0 fully saturated rings. The predicted molar refractivity (Wildman–Crippen MR) is 58.6 cm³/mol. The number of allylic oxidation sites excluding steroid dienone is 1. The van der Waals surface area contributed by atoms with Gasteiger partial charge in [0.1, 0.15) is 0 Å². The Morgan fingerprint density at radius 2 is 2.12 bits per heavy atom. The van der Waals surface area contributed by atoms with Gasteiger partial charge in [-0.15, -0.1) is 6.58 Å². The molecule has 1 atom stereocenters. The lowest BCUT2D eigenvalue weighted by molar-refractivity contribution is -0.150. The Labute approximate surface area is 94.9 Å². The highest BCUT2D eigenvalue weighted by atomic mass is 16.5. The highest BCUT2D eigenvalue weighted by Crippen LogP contribution is 2.37. The van der Waals surface area contributed by atoms with Gasteiger partial charge in [0.05, 0.1) is 19.6 Å². The minimum absolute atomic E-state index is 0.303. The molecular weight excluding hydrogens is 208 g/mol. The third kappa shape index (κ3) is 2.15. The molecule has 0 spiro atoms. The summed E-state index contributed by atoms with van der Waals surface area (Å²) in [5, 5.41) is 0. The van der Waals surface area contributed by atoms with Crippen LogP contribution in [0, 0.1) is 5.41 Å². The van der Waals surface area contributed by atoms with Gasteiger partial charge in [0.2, 0.25) is 0 Å². The highest BCUT2D eigenvalue weighted by molar-refractivity contribution is 5.89. The van der Waals surface area contributed by atoms with Gasteiger partial charge in [0.15, 0.2) is 0 Å². The number of hydrogen-bond acceptors (Lipinski definition) is 4. The Balaban J connectivity index is 2.85. The number of carbonyl (C=O) groups excluding carboxylic acids is 2. The quantitative estimate of drug-likeness (QED) is 0.540. The van der Waals surface area contributed by atoms with Gasteiger partial charge in [-0.3, -0.25) is 4.79 Å². The molecule has 0 amide bonds. The maximum atomic E-state index is 11.6. The highest BCUT2D eigenvalue weighted by Gasteiger charge is 2.38. The van der Waals surface area contributed by atoms with Crippen LogP contribution in [0.2, 0.25) is 0 Å². The number of hydrogen-bond donors (Lipinski definition) is 0. The second kappa shape index (κ2) is 4.96. The molecule has 1 rings (SSSR count). The number of methoxy groups -OCH3 is 2. The van der Waals surface area contributed by atoms with Gasteiger partial charge in [-0.1, -0.05) is 12.2 Å². The Morgan fingerprint density at radius 1 is 1.44 bits per heavy atom. The van der Waals surface area contributed by atoms with Crippen LogP contribution in [0.3, 0.4) is 0 Å². The largest absolute Gasteiger partial charge is 0.468 e. The van der Waals surface area contributed by atoms with Crippen LogP contribution in [0.25, 0.3) is 0 Å². The standard InChI is InChI=1S/C12H16O4/c1-4-12(11(14)16-3)7-5-9(6-8-12)10(13)15-2/h4-5H,1,6-8H2,2-3H3/t12-/m1/s1. The Morgan fingerprint density at radius 3 is 2.50 bits per heavy atom. The van der Waals surface area contributed by atoms with Crippen LogP contribution in [0.15, 0.2) is 24.3 Å². The average Bonchev–Trinajstić information content (AvgIpc) is 2.36. The molecule has 0 radical (unpaired) electrons. The molecule has 0 saturated heterocycles. The average molecular weight is 224 g/mol. The molecule has 4 heteroatoms. The first-order chi connectivity index (χ1) is 7.59. The Bertz CT molecular complexity index is 343. The summed E-state index contributed by atoms with van der Waals surface area (Å²) in [7, 11) is 2.70. The number of rotatable bonds is 3. The molecule has 1 aliphatic carbocycles. The molecular formula is C12H16O4. The molecule has 88 valence electrons. The van der Waals surface area contributed by atoms with Crippen molar-refractivity contribution in [1.29, 1.82) is 0 Å². The van der Waals surface area contributed by atoms with Crippen molar-refractivity contribution >= 4 is 11.9 Å². The monoisotopic (exact) mass is 224 g/mol. The molecule has 1 aliphatic rings. The van der Waals surface area contributed by atoms with Crippen molar-refractivity contribution in [1.82, 2.24) is 0 Å². The van der Waals surface area contributed by atoms with Crippen molar-refractivity contribution in [3.63, 3.8) is 0 Å². The Kier molecular flexibility index (Phi) is 3.88. The summed E-state index contributed by atoms with van der Waals surface area (Å²) >= 11 is 0. The van der Waals surface area contributed by atoms with Crippen LogP contribution in [0.1, 0.15) is 19.3 Å². The zero-order chi connectivity index (χ0) is 12.2. The molecule has 0 aromatic heterocycles. The fourth-order valence-corrected chi connectivity index (χ4v) is 1.84. The zero-order valence-corrected chi connectivity index (χ0v) is 9.62. The van der Waals surface area contributed by atoms with E-state index < -0.39 is 5.41 Å². The van der Waals surface area contributed by atoms with E-state index in [9.17, 15) is 9.59 Å². The molecule has 0 aromatic carbocycles. The molecule has 4 nitrogen and oxygen atoms in total. The van der Waals surface area contributed by atoms with E-state index in [1.807, 2.05) is 0 Å². The van der Waals surface area contributed by atoms with E-state index in [2.05, 4.69) is 11.3 Å². The Hall–Kier alpha value is -1.58. The summed E-state index contributed by atoms with van der Waals surface area (Å²) in [5.74, 6) is -0.634. The SMILES string of the molecule is C=C[C@@]1(C(=O)OC)CC=C(C(=O)OC)CC1. The molecule has 16 heavy (non-hydrogen) atoms. The number of ether oxygens (including phenoxy) is 2. The lowest BCUT2D eigenvalue weighted by Gasteiger charge is -2.30. The van der Waals surface area contributed by atoms with Gasteiger partial charge in [-0.2, -0.15) is 0 Å². The molecule has 0 aliphatic heterocycles. The van der Waals surface area contributed by atoms with Gasteiger partial charge in [0, 0.05) is 5.57 Å². The predicted octanol–water partition coefficient (Wildman–Crippen LogP) is 1.62. The van der Waals surface area contributed by atoms with Crippen molar-refractivity contribution in [2.24, 2.45) is 5.41 Å². The molecule has 0 heterocycles. The lowest BCUT2D eigenvalue weighted by Crippen LogP contribution is -2.32. The van der Waals surface area contributed by atoms with E-state index in [1.165, 1.54) is 14.2 Å². The molecule has 0 N–H and O–H groups in total. The van der Waals surface area contributed by atoms with E-state index in [-0.39, 0.29) is 11.9 Å². The van der Waals surface area contributed by atoms with Crippen LogP contribution >= 0.6 is 0 Å². The van der Waals surface area contributed by atoms with Gasteiger partial charge in [0.25, 0.3) is 0 Å². The van der Waals surface area contributed by atoms with Crippen LogP contribution in [-0.4, -0.2) is 26.2 Å². The van der Waals surface area contributed by atoms with Crippen molar-refractivity contribution in [3.8, 4) is 0 Å². The first kappa shape index (κ1) is 12.5. The maximum absolute atomic E-state index is 11.6. The van der Waals surface area contributed by atoms with Crippen molar-refractivity contribution in [2.75, 3.05) is 14.2 Å². The van der Waals surface area contributed by atoms with Crippen molar-refractivity contribution < 1.29 is 19.1 Å². The summed E-state index contributed by atoms with van der Waals surface area (Å²) in [5.41, 5.74) is -0.0735. The third-order valence-corrected chi connectivity index (χ3v) is 2.98. The minimum atomic E-state index is -0.688. The third-order valence-electron chi connectivity index (χ3n) is 2.98. The maximum Gasteiger partial charge on any atom is 0.333 e. The van der Waals surface area contributed by atoms with Gasteiger partial charge in [-0.05, 0) is 19.3 Å². The number of carbonyl (C=O) groups is 2. The van der Waals surface area contributed by atoms with Crippen LogP contribution in [-0.2, 0) is 19.1 Å². The van der Waals surface area contributed by atoms with E-state index in [0.717, 1.165) is 0 Å². The summed E-state index contributed by atoms with van der Waals surface area (Å²) in [6.07, 6.45) is 4.81. The van der Waals surface area contributed by atoms with E-state index >= 15 is 0 Å². The van der Waals surface area contributed by atoms with Crippen LogP contribution in [0.5, 0.6) is 0 Å². The molecule has 0 bridgehead atoms. The first-order valence-corrected chi connectivity index (χ1v) is 5.09. The van der Waals surface area contributed by atoms with Crippen molar-refractivity contribution in [3.05, 3.63) is 24.3 Å². The van der Waals surface area contributed by atoms with Crippen LogP contribution < -0.4 is 0 Å². The van der Waals surface area contributed by atoms with E-state index in [0.29, 0.717) is 24.8 Å². The number of esters is 2. The first-order valence-electron chi connectivity index (χ1n) is 5.09. The smallest absolute Gasteiger partial charge is 0.333 e.